The zero-order valence-corrected chi connectivity index (χ0v) is 65.9. The van der Waals surface area contributed by atoms with Gasteiger partial charge in [-0.25, -0.2) is 9.13 Å². The average molecular weight is 1460 g/mol. The first-order chi connectivity index (χ1) is 49.2. The van der Waals surface area contributed by atoms with Crippen LogP contribution in [0.5, 0.6) is 0 Å². The second kappa shape index (κ2) is 76.1. The first-order valence-corrected chi connectivity index (χ1v) is 43.5. The maximum absolute atomic E-state index is 13.0. The lowest BCUT2D eigenvalue weighted by molar-refractivity contribution is -0.161. The van der Waals surface area contributed by atoms with Crippen LogP contribution in [0.25, 0.3) is 0 Å². The molecule has 0 aromatic heterocycles. The Morgan fingerprint density at radius 2 is 0.525 bits per heavy atom. The lowest BCUT2D eigenvalue weighted by Gasteiger charge is -2.21. The van der Waals surface area contributed by atoms with Gasteiger partial charge in [0.25, 0.3) is 0 Å². The summed E-state index contributed by atoms with van der Waals surface area (Å²) in [4.78, 5) is 58.7. The van der Waals surface area contributed by atoms with Crippen LogP contribution >= 0.6 is 15.6 Å². The van der Waals surface area contributed by atoms with Crippen LogP contribution in [0.3, 0.4) is 0 Å². The minimum atomic E-state index is -4.93. The third-order valence-corrected chi connectivity index (χ3v) is 19.2. The van der Waals surface area contributed by atoms with Crippen molar-refractivity contribution in [3.63, 3.8) is 0 Å². The highest BCUT2D eigenvalue weighted by Gasteiger charge is 2.29. The number of aliphatic hydroxyl groups excluding tert-OH is 2. The highest BCUT2D eigenvalue weighted by molar-refractivity contribution is 7.47. The van der Waals surface area contributed by atoms with Crippen LogP contribution in [-0.4, -0.2) is 95.9 Å². The lowest BCUT2D eigenvalue weighted by atomic mass is 10.0. The van der Waals surface area contributed by atoms with Gasteiger partial charge in [0.1, 0.15) is 25.4 Å². The molecule has 5 atom stereocenters. The van der Waals surface area contributed by atoms with Crippen molar-refractivity contribution in [1.29, 1.82) is 0 Å². The van der Waals surface area contributed by atoms with Crippen LogP contribution in [0.1, 0.15) is 355 Å². The standard InChI is InChI=1S/C83H148O16P2/c1-4-7-10-13-16-19-22-25-28-30-32-33-34-35-36-37-38-39-40-41-42-43-45-47-49-51-54-57-60-63-66-69-81(86)93-72-78(84)73-95-100(89,90)96-74-79(85)75-97-101(91,92)98-77-80(99-83(88)71-68-65-62-59-56-53-48-27-24-21-18-15-12-9-6-3)76-94-82(87)70-67-64-61-58-55-52-50-46-44-31-29-26-23-20-17-14-11-8-5-2/h7,10,16-17,19-20,25-26,28-29,32-33,35-36,44,46,78-80,84-85H,4-6,8-9,11-15,18,21-24,27,30-31,34,37-43,45,47-77H2,1-3H3,(H,89,90)(H,91,92)/b10-7-,19-16-,20-17-,28-25-,29-26-,33-32-,36-35-,46-44-. The number of esters is 3. The number of phosphoric acid groups is 2. The smallest absolute Gasteiger partial charge is 0.463 e. The monoisotopic (exact) mass is 1460 g/mol. The van der Waals surface area contributed by atoms with Crippen LogP contribution in [0.15, 0.2) is 97.2 Å². The van der Waals surface area contributed by atoms with E-state index in [1.54, 1.807) is 0 Å². The second-order valence-corrected chi connectivity index (χ2v) is 30.1. The van der Waals surface area contributed by atoms with E-state index in [0.29, 0.717) is 19.3 Å². The van der Waals surface area contributed by atoms with Crippen LogP contribution in [0.4, 0.5) is 0 Å². The average Bonchev–Trinajstić information content (AvgIpc) is 0.980. The summed E-state index contributed by atoms with van der Waals surface area (Å²) >= 11 is 0. The summed E-state index contributed by atoms with van der Waals surface area (Å²) in [6.45, 7) is 2.58. The van der Waals surface area contributed by atoms with Crippen LogP contribution in [0, 0.1) is 0 Å². The maximum atomic E-state index is 13.0. The summed E-state index contributed by atoms with van der Waals surface area (Å²) in [5.74, 6) is -1.57. The van der Waals surface area contributed by atoms with Crippen molar-refractivity contribution in [2.45, 2.75) is 373 Å². The normalized spacial score (nSPS) is 14.5. The van der Waals surface area contributed by atoms with E-state index in [1.807, 2.05) is 0 Å². The molecule has 0 radical (unpaired) electrons. The summed E-state index contributed by atoms with van der Waals surface area (Å²) in [6, 6.07) is 0. The van der Waals surface area contributed by atoms with Gasteiger partial charge in [0, 0.05) is 19.3 Å². The number of carbonyl (C=O) groups is 3. The van der Waals surface area contributed by atoms with Gasteiger partial charge in [-0.15, -0.1) is 0 Å². The second-order valence-electron chi connectivity index (χ2n) is 27.2. The highest BCUT2D eigenvalue weighted by atomic mass is 31.2. The Balaban J connectivity index is 4.46. The number of phosphoric ester groups is 2. The zero-order chi connectivity index (χ0) is 73.7. The molecule has 18 heteroatoms. The number of rotatable bonds is 77. The number of aliphatic hydroxyl groups is 2. The van der Waals surface area contributed by atoms with Crippen molar-refractivity contribution < 1.29 is 75.8 Å². The Kier molecular flexibility index (Phi) is 73.5. The Labute approximate surface area is 616 Å². The van der Waals surface area contributed by atoms with Gasteiger partial charge >= 0.3 is 33.6 Å². The SMILES string of the molecule is CC/C=C\C/C=C\C/C=C\C/C=C\C/C=C\CCCCCCCCCCCCCCCCCC(=O)OCC(O)COP(=O)(O)OCC(O)COP(=O)(O)OCC(COC(=O)CCCCCCCC/C=C\C/C=C\C/C=C\CCCCC)OC(=O)CCCCCCCCCCCCCCCCC. The summed E-state index contributed by atoms with van der Waals surface area (Å²) in [5.41, 5.74) is 0. The number of allylic oxidation sites excluding steroid dienone is 16. The molecule has 586 valence electrons. The zero-order valence-electron chi connectivity index (χ0n) is 64.1. The van der Waals surface area contributed by atoms with Crippen LogP contribution in [0.2, 0.25) is 0 Å². The minimum absolute atomic E-state index is 0.106. The van der Waals surface area contributed by atoms with Crippen molar-refractivity contribution in [2.24, 2.45) is 0 Å². The number of hydrogen-bond acceptors (Lipinski definition) is 14. The molecular formula is C83H148O16P2. The van der Waals surface area contributed by atoms with Crippen molar-refractivity contribution >= 4 is 33.6 Å². The Hall–Kier alpha value is -3.53. The van der Waals surface area contributed by atoms with E-state index in [0.717, 1.165) is 135 Å². The van der Waals surface area contributed by atoms with E-state index in [-0.39, 0.29) is 19.3 Å². The molecule has 0 amide bonds. The predicted molar refractivity (Wildman–Crippen MR) is 417 cm³/mol. The molecule has 16 nitrogen and oxygen atoms in total. The molecule has 0 heterocycles. The van der Waals surface area contributed by atoms with Gasteiger partial charge in [-0.05, 0) is 103 Å². The minimum Gasteiger partial charge on any atom is -0.463 e. The van der Waals surface area contributed by atoms with E-state index in [4.69, 9.17) is 32.3 Å². The number of ether oxygens (including phenoxy) is 3. The molecule has 0 saturated heterocycles. The van der Waals surface area contributed by atoms with Crippen molar-refractivity contribution in [3.8, 4) is 0 Å². The largest absolute Gasteiger partial charge is 0.472 e. The highest BCUT2D eigenvalue weighted by Crippen LogP contribution is 2.45. The fourth-order valence-electron chi connectivity index (χ4n) is 11.1. The molecule has 0 bridgehead atoms. The number of hydrogen-bond donors (Lipinski definition) is 4. The first kappa shape index (κ1) is 97.5. The van der Waals surface area contributed by atoms with Crippen molar-refractivity contribution in [1.82, 2.24) is 0 Å². The van der Waals surface area contributed by atoms with E-state index >= 15 is 0 Å². The quantitative estimate of drug-likeness (QED) is 0.0146. The van der Waals surface area contributed by atoms with Gasteiger partial charge in [0.2, 0.25) is 0 Å². The summed E-state index contributed by atoms with van der Waals surface area (Å²) < 4.78 is 61.2. The third kappa shape index (κ3) is 77.4. The van der Waals surface area contributed by atoms with Gasteiger partial charge < -0.3 is 34.2 Å². The summed E-state index contributed by atoms with van der Waals surface area (Å²) in [7, 11) is -9.78. The molecule has 0 aromatic rings. The Morgan fingerprint density at radius 3 is 0.851 bits per heavy atom. The fourth-order valence-corrected chi connectivity index (χ4v) is 12.7. The predicted octanol–water partition coefficient (Wildman–Crippen LogP) is 23.8. The third-order valence-electron chi connectivity index (χ3n) is 17.3. The lowest BCUT2D eigenvalue weighted by Crippen LogP contribution is -2.30. The van der Waals surface area contributed by atoms with Crippen molar-refractivity contribution in [3.05, 3.63) is 97.2 Å². The van der Waals surface area contributed by atoms with Crippen LogP contribution < -0.4 is 0 Å². The van der Waals surface area contributed by atoms with E-state index in [1.165, 1.54) is 161 Å². The molecule has 0 fully saturated rings. The topological polar surface area (TPSA) is 231 Å². The summed E-state index contributed by atoms with van der Waals surface area (Å²) in [6.07, 6.45) is 87.4. The molecular weight excluding hydrogens is 1310 g/mol. The molecule has 101 heavy (non-hydrogen) atoms. The van der Waals surface area contributed by atoms with E-state index in [9.17, 15) is 43.5 Å². The van der Waals surface area contributed by atoms with Gasteiger partial charge in [-0.3, -0.25) is 32.5 Å². The molecule has 0 aromatic carbocycles. The van der Waals surface area contributed by atoms with Gasteiger partial charge in [-0.2, -0.15) is 0 Å². The maximum Gasteiger partial charge on any atom is 0.472 e. The summed E-state index contributed by atoms with van der Waals surface area (Å²) in [5, 5.41) is 20.6. The molecule has 0 saturated carbocycles. The molecule has 5 unspecified atom stereocenters. The number of unbranched alkanes of at least 4 members (excludes halogenated alkanes) is 38. The fraction of sp³-hybridized carbons (Fsp3) is 0.771. The van der Waals surface area contributed by atoms with Gasteiger partial charge in [0.15, 0.2) is 6.10 Å². The molecule has 0 aliphatic heterocycles. The Morgan fingerprint density at radius 1 is 0.287 bits per heavy atom. The molecule has 0 aliphatic rings. The van der Waals surface area contributed by atoms with Crippen molar-refractivity contribution in [2.75, 3.05) is 39.6 Å². The number of carbonyl (C=O) groups excluding carboxylic acids is 3. The van der Waals surface area contributed by atoms with E-state index < -0.39 is 91.5 Å². The molecule has 4 N–H and O–H groups in total. The first-order valence-electron chi connectivity index (χ1n) is 40.5. The van der Waals surface area contributed by atoms with Crippen LogP contribution in [-0.2, 0) is 55.8 Å². The molecule has 0 aliphatic carbocycles. The van der Waals surface area contributed by atoms with Gasteiger partial charge in [-0.1, -0.05) is 330 Å². The molecule has 0 rings (SSSR count). The van der Waals surface area contributed by atoms with E-state index in [2.05, 4.69) is 118 Å². The Bertz CT molecular complexity index is 2220. The molecule has 0 spiro atoms. The van der Waals surface area contributed by atoms with Gasteiger partial charge in [0.05, 0.1) is 26.4 Å².